The Morgan fingerprint density at radius 3 is 2.96 bits per heavy atom. The lowest BCUT2D eigenvalue weighted by Gasteiger charge is -2.22. The van der Waals surface area contributed by atoms with Gasteiger partial charge in [0, 0.05) is 44.1 Å². The second-order valence-corrected chi connectivity index (χ2v) is 5.89. The van der Waals surface area contributed by atoms with Gasteiger partial charge in [0.25, 0.3) is 5.91 Å². The van der Waals surface area contributed by atoms with E-state index in [1.807, 2.05) is 30.5 Å². The number of hydrogen-bond donors (Lipinski definition) is 2. The molecule has 1 saturated heterocycles. The van der Waals surface area contributed by atoms with Gasteiger partial charge in [-0.15, -0.1) is 0 Å². The first-order valence-electron chi connectivity index (χ1n) is 7.92. The predicted octanol–water partition coefficient (Wildman–Crippen LogP) is 0.678. The molecule has 1 atom stereocenters. The van der Waals surface area contributed by atoms with Crippen molar-refractivity contribution in [3.63, 3.8) is 0 Å². The van der Waals surface area contributed by atoms with Crippen LogP contribution >= 0.6 is 0 Å². The predicted molar refractivity (Wildman–Crippen MR) is 87.7 cm³/mol. The summed E-state index contributed by atoms with van der Waals surface area (Å²) >= 11 is 0. The fourth-order valence-corrected chi connectivity index (χ4v) is 2.83. The number of benzene rings is 1. The van der Waals surface area contributed by atoms with Crippen molar-refractivity contribution in [1.29, 1.82) is 0 Å². The normalized spacial score (nSPS) is 18.2. The van der Waals surface area contributed by atoms with Gasteiger partial charge in [0.2, 0.25) is 0 Å². The van der Waals surface area contributed by atoms with E-state index in [1.165, 1.54) is 0 Å². The van der Waals surface area contributed by atoms with E-state index in [2.05, 4.69) is 10.4 Å². The van der Waals surface area contributed by atoms with Crippen molar-refractivity contribution in [2.75, 3.05) is 26.2 Å². The van der Waals surface area contributed by atoms with E-state index in [0.29, 0.717) is 31.7 Å². The van der Waals surface area contributed by atoms with Crippen molar-refractivity contribution < 1.29 is 14.7 Å². The molecule has 2 heterocycles. The van der Waals surface area contributed by atoms with Crippen LogP contribution in [-0.2, 0) is 11.3 Å². The number of carbonyl (C=O) groups is 2. The molecule has 0 radical (unpaired) electrons. The molecule has 0 saturated carbocycles. The highest BCUT2D eigenvalue weighted by molar-refractivity contribution is 5.94. The monoisotopic (exact) mass is 328 g/mol. The molecule has 1 amide bonds. The molecule has 24 heavy (non-hydrogen) atoms. The molecular weight excluding hydrogens is 308 g/mol. The van der Waals surface area contributed by atoms with E-state index >= 15 is 0 Å². The van der Waals surface area contributed by atoms with Gasteiger partial charge in [-0.2, -0.15) is 5.10 Å². The van der Waals surface area contributed by atoms with Gasteiger partial charge in [-0.1, -0.05) is 12.1 Å². The molecule has 126 valence electrons. The van der Waals surface area contributed by atoms with Crippen LogP contribution in [0.1, 0.15) is 15.9 Å². The lowest BCUT2D eigenvalue weighted by atomic mass is 10.1. The Bertz CT molecular complexity index is 714. The minimum absolute atomic E-state index is 0.132. The highest BCUT2D eigenvalue weighted by Gasteiger charge is 2.27. The number of nitrogens with zero attached hydrogens (tertiary/aromatic N) is 3. The van der Waals surface area contributed by atoms with E-state index in [4.69, 9.17) is 0 Å². The second kappa shape index (κ2) is 7.27. The molecule has 2 N–H and O–H groups in total. The van der Waals surface area contributed by atoms with Gasteiger partial charge in [-0.3, -0.25) is 14.3 Å². The molecule has 0 aliphatic carbocycles. The van der Waals surface area contributed by atoms with Crippen LogP contribution in [0.4, 0.5) is 0 Å². The quantitative estimate of drug-likeness (QED) is 0.862. The molecule has 1 aliphatic heterocycles. The SMILES string of the molecule is O=C(O)C1CNCCN(C(=O)c2cccc(Cn3cccn3)c2)C1. The summed E-state index contributed by atoms with van der Waals surface area (Å²) < 4.78 is 1.79. The number of carboxylic acid groups (broad SMARTS) is 1. The second-order valence-electron chi connectivity index (χ2n) is 5.89. The smallest absolute Gasteiger partial charge is 0.309 e. The van der Waals surface area contributed by atoms with Crippen LogP contribution in [0.2, 0.25) is 0 Å². The zero-order valence-corrected chi connectivity index (χ0v) is 13.3. The van der Waals surface area contributed by atoms with Crippen LogP contribution in [0.25, 0.3) is 0 Å². The number of rotatable bonds is 4. The summed E-state index contributed by atoms with van der Waals surface area (Å²) in [6, 6.07) is 9.26. The van der Waals surface area contributed by atoms with E-state index < -0.39 is 11.9 Å². The van der Waals surface area contributed by atoms with Crippen LogP contribution in [0.3, 0.4) is 0 Å². The van der Waals surface area contributed by atoms with E-state index in [0.717, 1.165) is 5.56 Å². The standard InChI is InChI=1S/C17H20N4O3/c22-16(20-8-6-18-10-15(12-20)17(23)24)14-4-1-3-13(9-14)11-21-7-2-5-19-21/h1-5,7,9,15,18H,6,8,10-12H2,(H,23,24). The first-order chi connectivity index (χ1) is 11.6. The molecule has 0 spiro atoms. The Hall–Kier alpha value is -2.67. The molecule has 3 rings (SSSR count). The number of carbonyl (C=O) groups excluding carboxylic acids is 1. The lowest BCUT2D eigenvalue weighted by Crippen LogP contribution is -2.38. The van der Waals surface area contributed by atoms with Gasteiger partial charge >= 0.3 is 5.97 Å². The maximum Gasteiger partial charge on any atom is 0.309 e. The first kappa shape index (κ1) is 16.2. The van der Waals surface area contributed by atoms with Gasteiger partial charge in [0.1, 0.15) is 0 Å². The van der Waals surface area contributed by atoms with E-state index in [1.54, 1.807) is 21.8 Å². The zero-order chi connectivity index (χ0) is 16.9. The molecule has 1 aliphatic rings. The van der Waals surface area contributed by atoms with E-state index in [9.17, 15) is 14.7 Å². The van der Waals surface area contributed by atoms with Crippen LogP contribution in [0.5, 0.6) is 0 Å². The Balaban J connectivity index is 1.75. The average molecular weight is 328 g/mol. The largest absolute Gasteiger partial charge is 0.481 e. The zero-order valence-electron chi connectivity index (χ0n) is 13.3. The van der Waals surface area contributed by atoms with Crippen LogP contribution in [-0.4, -0.2) is 57.8 Å². The van der Waals surface area contributed by atoms with Crippen LogP contribution in [0.15, 0.2) is 42.7 Å². The summed E-state index contributed by atoms with van der Waals surface area (Å²) in [5, 5.41) is 16.5. The third kappa shape index (κ3) is 3.80. The Kier molecular flexibility index (Phi) is 4.90. The molecule has 7 heteroatoms. The van der Waals surface area contributed by atoms with Gasteiger partial charge < -0.3 is 15.3 Å². The van der Waals surface area contributed by atoms with Crippen molar-refractivity contribution in [3.05, 3.63) is 53.9 Å². The average Bonchev–Trinajstić information content (AvgIpc) is 2.95. The number of aromatic nitrogens is 2. The lowest BCUT2D eigenvalue weighted by molar-refractivity contribution is -0.141. The number of amides is 1. The molecule has 1 fully saturated rings. The van der Waals surface area contributed by atoms with Gasteiger partial charge in [0.15, 0.2) is 0 Å². The molecule has 2 aromatic rings. The fourth-order valence-electron chi connectivity index (χ4n) is 2.83. The van der Waals surface area contributed by atoms with E-state index in [-0.39, 0.29) is 12.5 Å². The summed E-state index contributed by atoms with van der Waals surface area (Å²) in [6.45, 7) is 2.31. The fraction of sp³-hybridized carbons (Fsp3) is 0.353. The third-order valence-electron chi connectivity index (χ3n) is 4.10. The summed E-state index contributed by atoms with van der Waals surface area (Å²) in [5.41, 5.74) is 1.55. The van der Waals surface area contributed by atoms with Crippen molar-refractivity contribution in [1.82, 2.24) is 20.0 Å². The van der Waals surface area contributed by atoms with Crippen molar-refractivity contribution >= 4 is 11.9 Å². The number of nitrogens with one attached hydrogen (secondary N) is 1. The highest BCUT2D eigenvalue weighted by Crippen LogP contribution is 2.13. The number of carboxylic acids is 1. The molecule has 7 nitrogen and oxygen atoms in total. The summed E-state index contributed by atoms with van der Waals surface area (Å²) in [6.07, 6.45) is 3.58. The van der Waals surface area contributed by atoms with Crippen molar-refractivity contribution in [2.45, 2.75) is 6.54 Å². The third-order valence-corrected chi connectivity index (χ3v) is 4.10. The van der Waals surface area contributed by atoms with Gasteiger partial charge in [0.05, 0.1) is 12.5 Å². The molecular formula is C17H20N4O3. The molecule has 1 unspecified atom stereocenters. The van der Waals surface area contributed by atoms with Crippen LogP contribution < -0.4 is 5.32 Å². The highest BCUT2D eigenvalue weighted by atomic mass is 16.4. The molecule has 0 bridgehead atoms. The Labute approximate surface area is 139 Å². The molecule has 1 aromatic carbocycles. The number of hydrogen-bond acceptors (Lipinski definition) is 4. The van der Waals surface area contributed by atoms with Gasteiger partial charge in [-0.05, 0) is 23.8 Å². The summed E-state index contributed by atoms with van der Waals surface area (Å²) in [5.74, 6) is -1.59. The van der Waals surface area contributed by atoms with Crippen molar-refractivity contribution in [2.24, 2.45) is 5.92 Å². The topological polar surface area (TPSA) is 87.5 Å². The summed E-state index contributed by atoms with van der Waals surface area (Å²) in [4.78, 5) is 25.6. The summed E-state index contributed by atoms with van der Waals surface area (Å²) in [7, 11) is 0. The van der Waals surface area contributed by atoms with Crippen molar-refractivity contribution in [3.8, 4) is 0 Å². The molecule has 1 aromatic heterocycles. The maximum atomic E-state index is 12.8. The first-order valence-corrected chi connectivity index (χ1v) is 7.92. The van der Waals surface area contributed by atoms with Gasteiger partial charge in [-0.25, -0.2) is 0 Å². The minimum Gasteiger partial charge on any atom is -0.481 e. The maximum absolute atomic E-state index is 12.8. The minimum atomic E-state index is -0.880. The van der Waals surface area contributed by atoms with Crippen LogP contribution in [0, 0.1) is 5.92 Å². The Morgan fingerprint density at radius 2 is 2.21 bits per heavy atom. The number of aliphatic carboxylic acids is 1. The Morgan fingerprint density at radius 1 is 1.33 bits per heavy atom.